The van der Waals surface area contributed by atoms with Gasteiger partial charge in [0.15, 0.2) is 0 Å². The van der Waals surface area contributed by atoms with Gasteiger partial charge in [-0.1, -0.05) is 0 Å². The predicted octanol–water partition coefficient (Wildman–Crippen LogP) is 2.78. The Kier molecular flexibility index (Phi) is 4.00. The number of alkyl halides is 3. The molecule has 0 aromatic carbocycles. The lowest BCUT2D eigenvalue weighted by molar-refractivity contribution is -0.199. The van der Waals surface area contributed by atoms with Crippen molar-refractivity contribution < 1.29 is 22.7 Å². The van der Waals surface area contributed by atoms with Crippen molar-refractivity contribution in [1.29, 1.82) is 0 Å². The molecule has 0 saturated heterocycles. The van der Waals surface area contributed by atoms with Crippen molar-refractivity contribution in [2.75, 3.05) is 0 Å². The van der Waals surface area contributed by atoms with E-state index in [1.807, 2.05) is 0 Å². The van der Waals surface area contributed by atoms with Crippen LogP contribution < -0.4 is 5.73 Å². The fourth-order valence-corrected chi connectivity index (χ4v) is 2.04. The lowest BCUT2D eigenvalue weighted by Crippen LogP contribution is -2.56. The van der Waals surface area contributed by atoms with Gasteiger partial charge >= 0.3 is 12.1 Å². The first-order chi connectivity index (χ1) is 7.95. The van der Waals surface area contributed by atoms with Gasteiger partial charge in [0.05, 0.1) is 5.92 Å². The van der Waals surface area contributed by atoms with E-state index in [1.54, 1.807) is 20.8 Å². The summed E-state index contributed by atoms with van der Waals surface area (Å²) in [7, 11) is 0. The molecule has 0 aromatic rings. The Morgan fingerprint density at radius 1 is 1.22 bits per heavy atom. The van der Waals surface area contributed by atoms with Crippen molar-refractivity contribution in [3.8, 4) is 0 Å². The summed E-state index contributed by atoms with van der Waals surface area (Å²) >= 11 is 0. The van der Waals surface area contributed by atoms with E-state index in [0.717, 1.165) is 0 Å². The number of hydrogen-bond donors (Lipinski definition) is 1. The maximum atomic E-state index is 12.7. The Hall–Kier alpha value is -0.780. The van der Waals surface area contributed by atoms with Crippen molar-refractivity contribution >= 4 is 5.97 Å². The lowest BCUT2D eigenvalue weighted by atomic mass is 9.76. The minimum Gasteiger partial charge on any atom is -0.460 e. The summed E-state index contributed by atoms with van der Waals surface area (Å²) in [4.78, 5) is 11.7. The van der Waals surface area contributed by atoms with Crippen LogP contribution in [0.5, 0.6) is 0 Å². The number of carbonyl (C=O) groups excluding carboxylic acids is 1. The fraction of sp³-hybridized carbons (Fsp3) is 0.917. The molecule has 6 heteroatoms. The first-order valence-electron chi connectivity index (χ1n) is 6.03. The quantitative estimate of drug-likeness (QED) is 0.743. The summed E-state index contributed by atoms with van der Waals surface area (Å²) in [6.07, 6.45) is -4.59. The standard InChI is InChI=1S/C12H20F3NO2/c1-10(2,3)18-9(17)8-4-6-11(16,7-5-8)12(13,14)15/h8H,4-7,16H2,1-3H3. The van der Waals surface area contributed by atoms with Gasteiger partial charge in [-0.15, -0.1) is 0 Å². The van der Waals surface area contributed by atoms with E-state index < -0.39 is 29.2 Å². The molecule has 0 radical (unpaired) electrons. The summed E-state index contributed by atoms with van der Waals surface area (Å²) in [5.41, 5.74) is 2.59. The summed E-state index contributed by atoms with van der Waals surface area (Å²) < 4.78 is 43.2. The molecule has 1 aliphatic carbocycles. The summed E-state index contributed by atoms with van der Waals surface area (Å²) in [6, 6.07) is 0. The van der Waals surface area contributed by atoms with E-state index in [9.17, 15) is 18.0 Å². The number of halogens is 3. The van der Waals surface area contributed by atoms with E-state index in [0.29, 0.717) is 0 Å². The van der Waals surface area contributed by atoms with Gasteiger partial charge in [-0.2, -0.15) is 13.2 Å². The van der Waals surface area contributed by atoms with Gasteiger partial charge in [-0.3, -0.25) is 4.79 Å². The SMILES string of the molecule is CC(C)(C)OC(=O)C1CCC(N)(C(F)(F)F)CC1. The zero-order valence-electron chi connectivity index (χ0n) is 10.9. The third-order valence-electron chi connectivity index (χ3n) is 3.18. The molecule has 3 nitrogen and oxygen atoms in total. The molecule has 1 aliphatic rings. The van der Waals surface area contributed by atoms with E-state index in [1.165, 1.54) is 0 Å². The minimum atomic E-state index is -4.41. The second kappa shape index (κ2) is 4.72. The van der Waals surface area contributed by atoms with Crippen molar-refractivity contribution in [3.05, 3.63) is 0 Å². The van der Waals surface area contributed by atoms with Crippen LogP contribution in [0.3, 0.4) is 0 Å². The van der Waals surface area contributed by atoms with Crippen LogP contribution in [-0.2, 0) is 9.53 Å². The van der Waals surface area contributed by atoms with Crippen LogP contribution >= 0.6 is 0 Å². The Labute approximate surface area is 105 Å². The maximum Gasteiger partial charge on any atom is 0.406 e. The predicted molar refractivity (Wildman–Crippen MR) is 60.8 cm³/mol. The third-order valence-corrected chi connectivity index (χ3v) is 3.18. The van der Waals surface area contributed by atoms with Crippen LogP contribution in [-0.4, -0.2) is 23.3 Å². The molecule has 2 N–H and O–H groups in total. The largest absolute Gasteiger partial charge is 0.460 e. The Morgan fingerprint density at radius 3 is 2.00 bits per heavy atom. The first kappa shape index (κ1) is 15.3. The number of esters is 1. The van der Waals surface area contributed by atoms with E-state index >= 15 is 0 Å². The smallest absolute Gasteiger partial charge is 0.406 e. The van der Waals surface area contributed by atoms with Crippen molar-refractivity contribution in [1.82, 2.24) is 0 Å². The molecule has 1 saturated carbocycles. The molecule has 0 spiro atoms. The maximum absolute atomic E-state index is 12.7. The topological polar surface area (TPSA) is 52.3 Å². The molecule has 18 heavy (non-hydrogen) atoms. The molecule has 0 aliphatic heterocycles. The summed E-state index contributed by atoms with van der Waals surface area (Å²) in [5, 5.41) is 0. The zero-order chi connectivity index (χ0) is 14.2. The van der Waals surface area contributed by atoms with Crippen molar-refractivity contribution in [2.24, 2.45) is 11.7 Å². The van der Waals surface area contributed by atoms with Crippen LogP contribution in [0, 0.1) is 5.92 Å². The number of ether oxygens (including phenoxy) is 1. The highest BCUT2D eigenvalue weighted by Crippen LogP contribution is 2.41. The second-order valence-corrected chi connectivity index (χ2v) is 5.96. The molecule has 0 bridgehead atoms. The molecule has 0 aromatic heterocycles. The van der Waals surface area contributed by atoms with Gasteiger partial charge in [0.2, 0.25) is 0 Å². The third kappa shape index (κ3) is 3.60. The molecule has 0 amide bonds. The Morgan fingerprint density at radius 2 is 1.67 bits per heavy atom. The van der Waals surface area contributed by atoms with Gasteiger partial charge < -0.3 is 10.5 Å². The second-order valence-electron chi connectivity index (χ2n) is 5.96. The first-order valence-corrected chi connectivity index (χ1v) is 6.03. The molecule has 0 heterocycles. The molecule has 106 valence electrons. The van der Waals surface area contributed by atoms with Gasteiger partial charge in [0.1, 0.15) is 11.1 Å². The molecule has 1 fully saturated rings. The number of hydrogen-bond acceptors (Lipinski definition) is 3. The van der Waals surface area contributed by atoms with Crippen LogP contribution in [0.4, 0.5) is 13.2 Å². The fourth-order valence-electron chi connectivity index (χ4n) is 2.04. The van der Waals surface area contributed by atoms with Crippen molar-refractivity contribution in [2.45, 2.75) is 63.8 Å². The number of rotatable bonds is 1. The highest BCUT2D eigenvalue weighted by atomic mass is 19.4. The Bertz CT molecular complexity index is 312. The van der Waals surface area contributed by atoms with E-state index in [4.69, 9.17) is 10.5 Å². The van der Waals surface area contributed by atoms with E-state index in [-0.39, 0.29) is 25.7 Å². The molecular weight excluding hydrogens is 247 g/mol. The highest BCUT2D eigenvalue weighted by Gasteiger charge is 2.53. The van der Waals surface area contributed by atoms with Gasteiger partial charge in [0, 0.05) is 0 Å². The van der Waals surface area contributed by atoms with Gasteiger partial charge in [-0.05, 0) is 46.5 Å². The van der Waals surface area contributed by atoms with E-state index in [2.05, 4.69) is 0 Å². The molecular formula is C12H20F3NO2. The van der Waals surface area contributed by atoms with Gasteiger partial charge in [0.25, 0.3) is 0 Å². The highest BCUT2D eigenvalue weighted by molar-refractivity contribution is 5.73. The average molecular weight is 267 g/mol. The van der Waals surface area contributed by atoms with Crippen LogP contribution in [0.1, 0.15) is 46.5 Å². The van der Waals surface area contributed by atoms with Crippen molar-refractivity contribution in [3.63, 3.8) is 0 Å². The summed E-state index contributed by atoms with van der Waals surface area (Å²) in [5.74, 6) is -0.894. The van der Waals surface area contributed by atoms with Crippen LogP contribution in [0.15, 0.2) is 0 Å². The number of carbonyl (C=O) groups is 1. The van der Waals surface area contributed by atoms with Crippen LogP contribution in [0.2, 0.25) is 0 Å². The monoisotopic (exact) mass is 267 g/mol. The normalized spacial score (nSPS) is 30.1. The molecule has 1 rings (SSSR count). The lowest BCUT2D eigenvalue weighted by Gasteiger charge is -2.38. The summed E-state index contributed by atoms with van der Waals surface area (Å²) in [6.45, 7) is 5.20. The van der Waals surface area contributed by atoms with Gasteiger partial charge in [-0.25, -0.2) is 0 Å². The average Bonchev–Trinajstić information content (AvgIpc) is 2.14. The molecule has 0 atom stereocenters. The zero-order valence-corrected chi connectivity index (χ0v) is 10.9. The molecule has 0 unspecified atom stereocenters. The number of nitrogens with two attached hydrogens (primary N) is 1. The Balaban J connectivity index is 2.57. The minimum absolute atomic E-state index is 0.130. The van der Waals surface area contributed by atoms with Crippen LogP contribution in [0.25, 0.3) is 0 Å².